The Labute approximate surface area is 117 Å². The van der Waals surface area contributed by atoms with Crippen molar-refractivity contribution in [1.29, 1.82) is 0 Å². The van der Waals surface area contributed by atoms with Gasteiger partial charge in [0.25, 0.3) is 0 Å². The summed E-state index contributed by atoms with van der Waals surface area (Å²) in [5, 5.41) is 5.10. The van der Waals surface area contributed by atoms with Crippen LogP contribution in [0.1, 0.15) is 11.5 Å². The van der Waals surface area contributed by atoms with Crippen LogP contribution in [0, 0.1) is 6.92 Å². The molecule has 0 amide bonds. The lowest BCUT2D eigenvalue weighted by atomic mass is 10.1. The molecule has 0 saturated heterocycles. The first kappa shape index (κ1) is 12.5. The minimum absolute atomic E-state index is 0.681. The van der Waals surface area contributed by atoms with E-state index in [0.717, 1.165) is 33.7 Å². The van der Waals surface area contributed by atoms with Crippen LogP contribution in [0.2, 0.25) is 0 Å². The number of aryl methyl sites for hydroxylation is 1. The van der Waals surface area contributed by atoms with Gasteiger partial charge in [0.15, 0.2) is 0 Å². The van der Waals surface area contributed by atoms with E-state index in [1.54, 1.807) is 6.20 Å². The standard InChI is InChI=1S/C15H16N4O/c1-10-7-12(18-20-10)9-19(2)15-5-6-17-14-8-11(16)3-4-13(14)15/h3-8H,9,16H2,1-2H3. The van der Waals surface area contributed by atoms with Crippen LogP contribution in [0.3, 0.4) is 0 Å². The number of rotatable bonds is 3. The average molecular weight is 268 g/mol. The van der Waals surface area contributed by atoms with Crippen LogP contribution in [0.15, 0.2) is 41.1 Å². The molecule has 0 atom stereocenters. The third kappa shape index (κ3) is 2.30. The van der Waals surface area contributed by atoms with Crippen molar-refractivity contribution in [3.63, 3.8) is 0 Å². The quantitative estimate of drug-likeness (QED) is 0.740. The topological polar surface area (TPSA) is 68.2 Å². The van der Waals surface area contributed by atoms with E-state index >= 15 is 0 Å². The van der Waals surface area contributed by atoms with Gasteiger partial charge >= 0.3 is 0 Å². The van der Waals surface area contributed by atoms with Gasteiger partial charge < -0.3 is 15.2 Å². The fraction of sp³-hybridized carbons (Fsp3) is 0.200. The first-order valence-electron chi connectivity index (χ1n) is 6.41. The Balaban J connectivity index is 1.96. The number of nitrogen functional groups attached to an aromatic ring is 1. The number of aromatic nitrogens is 2. The predicted molar refractivity (Wildman–Crippen MR) is 79.5 cm³/mol. The van der Waals surface area contributed by atoms with E-state index in [9.17, 15) is 0 Å². The van der Waals surface area contributed by atoms with E-state index in [0.29, 0.717) is 6.54 Å². The zero-order chi connectivity index (χ0) is 14.1. The van der Waals surface area contributed by atoms with Gasteiger partial charge in [-0.25, -0.2) is 0 Å². The summed E-state index contributed by atoms with van der Waals surface area (Å²) in [4.78, 5) is 6.48. The number of benzene rings is 1. The Hall–Kier alpha value is -2.56. The van der Waals surface area contributed by atoms with E-state index in [1.165, 1.54) is 0 Å². The molecule has 2 N–H and O–H groups in total. The highest BCUT2D eigenvalue weighted by molar-refractivity contribution is 5.93. The molecule has 0 aliphatic carbocycles. The van der Waals surface area contributed by atoms with E-state index in [2.05, 4.69) is 15.0 Å². The molecule has 0 aliphatic heterocycles. The summed E-state index contributed by atoms with van der Waals surface area (Å²) in [6, 6.07) is 9.70. The zero-order valence-electron chi connectivity index (χ0n) is 11.5. The molecule has 1 aromatic carbocycles. The van der Waals surface area contributed by atoms with Crippen LogP contribution in [0.5, 0.6) is 0 Å². The second kappa shape index (κ2) is 4.85. The third-order valence-corrected chi connectivity index (χ3v) is 3.23. The van der Waals surface area contributed by atoms with E-state index in [1.807, 2.05) is 44.3 Å². The highest BCUT2D eigenvalue weighted by Gasteiger charge is 2.09. The first-order chi connectivity index (χ1) is 9.63. The zero-order valence-corrected chi connectivity index (χ0v) is 11.5. The van der Waals surface area contributed by atoms with Gasteiger partial charge in [-0.3, -0.25) is 4.98 Å². The predicted octanol–water partition coefficient (Wildman–Crippen LogP) is 2.75. The van der Waals surface area contributed by atoms with Gasteiger partial charge in [-0.1, -0.05) is 5.16 Å². The minimum atomic E-state index is 0.681. The highest BCUT2D eigenvalue weighted by Crippen LogP contribution is 2.26. The van der Waals surface area contributed by atoms with Crippen molar-refractivity contribution in [2.24, 2.45) is 0 Å². The fourth-order valence-corrected chi connectivity index (χ4v) is 2.30. The van der Waals surface area contributed by atoms with Gasteiger partial charge in [0.1, 0.15) is 11.5 Å². The Kier molecular flexibility index (Phi) is 3.02. The van der Waals surface area contributed by atoms with Gasteiger partial charge in [0.05, 0.1) is 12.1 Å². The molecular weight excluding hydrogens is 252 g/mol. The Morgan fingerprint density at radius 1 is 1.25 bits per heavy atom. The lowest BCUT2D eigenvalue weighted by Crippen LogP contribution is -2.17. The number of hydrogen-bond donors (Lipinski definition) is 1. The van der Waals surface area contributed by atoms with Gasteiger partial charge in [0, 0.05) is 36.1 Å². The van der Waals surface area contributed by atoms with Gasteiger partial charge in [-0.2, -0.15) is 0 Å². The van der Waals surface area contributed by atoms with Crippen molar-refractivity contribution >= 4 is 22.3 Å². The molecule has 20 heavy (non-hydrogen) atoms. The molecule has 0 bridgehead atoms. The Morgan fingerprint density at radius 3 is 2.85 bits per heavy atom. The van der Waals surface area contributed by atoms with E-state index < -0.39 is 0 Å². The summed E-state index contributed by atoms with van der Waals surface area (Å²) in [5.74, 6) is 0.820. The second-order valence-electron chi connectivity index (χ2n) is 4.89. The van der Waals surface area contributed by atoms with Crippen LogP contribution in [0.25, 0.3) is 10.9 Å². The maximum Gasteiger partial charge on any atom is 0.133 e. The largest absolute Gasteiger partial charge is 0.399 e. The molecule has 2 aromatic heterocycles. The number of nitrogens with zero attached hydrogens (tertiary/aromatic N) is 3. The molecule has 0 radical (unpaired) electrons. The van der Waals surface area contributed by atoms with E-state index in [4.69, 9.17) is 10.3 Å². The molecule has 0 spiro atoms. The van der Waals surface area contributed by atoms with Crippen molar-refractivity contribution in [3.05, 3.63) is 48.0 Å². The van der Waals surface area contributed by atoms with Crippen LogP contribution >= 0.6 is 0 Å². The molecule has 102 valence electrons. The first-order valence-corrected chi connectivity index (χ1v) is 6.41. The summed E-state index contributed by atoms with van der Waals surface area (Å²) >= 11 is 0. The minimum Gasteiger partial charge on any atom is -0.399 e. The normalized spacial score (nSPS) is 10.9. The molecule has 0 fully saturated rings. The molecular formula is C15H16N4O. The third-order valence-electron chi connectivity index (χ3n) is 3.23. The maximum atomic E-state index is 5.80. The number of fused-ring (bicyclic) bond motifs is 1. The van der Waals surface area contributed by atoms with Gasteiger partial charge in [-0.05, 0) is 31.2 Å². The lowest BCUT2D eigenvalue weighted by molar-refractivity contribution is 0.390. The molecule has 3 aromatic rings. The summed E-state index contributed by atoms with van der Waals surface area (Å²) in [6.45, 7) is 2.57. The van der Waals surface area contributed by atoms with Crippen LogP contribution in [-0.2, 0) is 6.54 Å². The van der Waals surface area contributed by atoms with Gasteiger partial charge in [0.2, 0.25) is 0 Å². The van der Waals surface area contributed by atoms with Crippen LogP contribution < -0.4 is 10.6 Å². The van der Waals surface area contributed by atoms with Crippen molar-refractivity contribution in [3.8, 4) is 0 Å². The smallest absolute Gasteiger partial charge is 0.133 e. The summed E-state index contributed by atoms with van der Waals surface area (Å²) < 4.78 is 5.10. The Bertz CT molecular complexity index is 750. The van der Waals surface area contributed by atoms with Crippen LogP contribution in [-0.4, -0.2) is 17.2 Å². The van der Waals surface area contributed by atoms with Gasteiger partial charge in [-0.15, -0.1) is 0 Å². The average Bonchev–Trinajstić information content (AvgIpc) is 2.83. The van der Waals surface area contributed by atoms with Crippen molar-refractivity contribution in [2.45, 2.75) is 13.5 Å². The molecule has 0 aliphatic rings. The maximum absolute atomic E-state index is 5.80. The summed E-state index contributed by atoms with van der Waals surface area (Å²) in [6.07, 6.45) is 1.79. The molecule has 5 nitrogen and oxygen atoms in total. The summed E-state index contributed by atoms with van der Waals surface area (Å²) in [7, 11) is 2.02. The molecule has 3 rings (SSSR count). The van der Waals surface area contributed by atoms with Crippen molar-refractivity contribution in [2.75, 3.05) is 17.7 Å². The Morgan fingerprint density at radius 2 is 2.10 bits per heavy atom. The highest BCUT2D eigenvalue weighted by atomic mass is 16.5. The fourth-order valence-electron chi connectivity index (χ4n) is 2.30. The number of pyridine rings is 1. The molecule has 5 heteroatoms. The molecule has 2 heterocycles. The van der Waals surface area contributed by atoms with Crippen LogP contribution in [0.4, 0.5) is 11.4 Å². The molecule has 0 saturated carbocycles. The lowest BCUT2D eigenvalue weighted by Gasteiger charge is -2.19. The number of nitrogens with two attached hydrogens (primary N) is 1. The number of hydrogen-bond acceptors (Lipinski definition) is 5. The summed E-state index contributed by atoms with van der Waals surface area (Å²) in [5.41, 5.74) is 9.41. The SMILES string of the molecule is Cc1cc(CN(C)c2ccnc3cc(N)ccc23)no1. The monoisotopic (exact) mass is 268 g/mol. The second-order valence-corrected chi connectivity index (χ2v) is 4.89. The molecule has 0 unspecified atom stereocenters. The van der Waals surface area contributed by atoms with Crippen molar-refractivity contribution in [1.82, 2.24) is 10.1 Å². The van der Waals surface area contributed by atoms with Crippen molar-refractivity contribution < 1.29 is 4.52 Å². The van der Waals surface area contributed by atoms with E-state index in [-0.39, 0.29) is 0 Å². The number of anilines is 2.